The van der Waals surface area contributed by atoms with Crippen molar-refractivity contribution in [2.24, 2.45) is 0 Å². The van der Waals surface area contributed by atoms with Gasteiger partial charge in [-0.05, 0) is 48.5 Å². The topological polar surface area (TPSA) is 48.8 Å². The zero-order chi connectivity index (χ0) is 19.8. The van der Waals surface area contributed by atoms with Crippen molar-refractivity contribution in [3.63, 3.8) is 0 Å². The molecule has 1 aliphatic rings. The second-order valence-electron chi connectivity index (χ2n) is 6.94. The molecule has 148 valence electrons. The van der Waals surface area contributed by atoms with E-state index in [-0.39, 0.29) is 11.7 Å². The number of hydrogen-bond acceptors (Lipinski definition) is 2. The summed E-state index contributed by atoms with van der Waals surface area (Å²) in [5, 5.41) is 6.93. The maximum atomic E-state index is 12.9. The molecule has 2 aromatic carbocycles. The van der Waals surface area contributed by atoms with E-state index >= 15 is 0 Å². The van der Waals surface area contributed by atoms with Crippen molar-refractivity contribution in [2.75, 3.05) is 44.6 Å². The van der Waals surface area contributed by atoms with Crippen molar-refractivity contribution >= 4 is 28.9 Å². The van der Waals surface area contributed by atoms with Crippen LogP contribution in [0.15, 0.2) is 54.6 Å². The van der Waals surface area contributed by atoms with Gasteiger partial charge in [0.15, 0.2) is 11.7 Å². The summed E-state index contributed by atoms with van der Waals surface area (Å²) in [5.41, 5.74) is 1.91. The molecule has 3 N–H and O–H groups in total. The third-order valence-corrected chi connectivity index (χ3v) is 5.23. The van der Waals surface area contributed by atoms with Gasteiger partial charge in [-0.1, -0.05) is 30.3 Å². The summed E-state index contributed by atoms with van der Waals surface area (Å²) in [6.07, 6.45) is 0.940. The lowest BCUT2D eigenvalue weighted by molar-refractivity contribution is -0.895. The first-order valence-electron chi connectivity index (χ1n) is 9.56. The molecule has 2 aromatic rings. The van der Waals surface area contributed by atoms with Crippen LogP contribution in [0.1, 0.15) is 5.56 Å². The Morgan fingerprint density at radius 2 is 1.75 bits per heavy atom. The summed E-state index contributed by atoms with van der Waals surface area (Å²) in [6, 6.07) is 16.2. The van der Waals surface area contributed by atoms with Crippen LogP contribution in [0, 0.1) is 5.82 Å². The molecule has 0 aliphatic carbocycles. The molecule has 0 atom stereocenters. The summed E-state index contributed by atoms with van der Waals surface area (Å²) in [5.74, 6) is -0.369. The van der Waals surface area contributed by atoms with Gasteiger partial charge in [-0.3, -0.25) is 4.79 Å². The third-order valence-electron chi connectivity index (χ3n) is 4.83. The normalized spacial score (nSPS) is 14.5. The second-order valence-corrected chi connectivity index (χ2v) is 7.32. The summed E-state index contributed by atoms with van der Waals surface area (Å²) in [6.45, 7) is 4.59. The number of benzene rings is 2. The fraction of sp³-hybridized carbons (Fsp3) is 0.333. The Kier molecular flexibility index (Phi) is 7.33. The third kappa shape index (κ3) is 6.28. The lowest BCUT2D eigenvalue weighted by atomic mass is 10.1. The van der Waals surface area contributed by atoms with Crippen LogP contribution >= 0.6 is 12.2 Å². The minimum atomic E-state index is -0.312. The van der Waals surface area contributed by atoms with Gasteiger partial charge >= 0.3 is 0 Å². The molecule has 1 aliphatic heterocycles. The van der Waals surface area contributed by atoms with Crippen molar-refractivity contribution in [1.29, 1.82) is 0 Å². The van der Waals surface area contributed by atoms with Gasteiger partial charge in [0.1, 0.15) is 5.82 Å². The van der Waals surface area contributed by atoms with E-state index in [1.165, 1.54) is 22.6 Å². The molecular weight excluding hydrogens is 375 g/mol. The minimum Gasteiger partial charge on any atom is -0.362 e. The monoisotopic (exact) mass is 401 g/mol. The second kappa shape index (κ2) is 10.1. The molecule has 0 radical (unpaired) electrons. The van der Waals surface area contributed by atoms with Crippen LogP contribution in [0.4, 0.5) is 10.1 Å². The summed E-state index contributed by atoms with van der Waals surface area (Å²) in [4.78, 5) is 15.6. The maximum absolute atomic E-state index is 12.9. The number of nitrogens with one attached hydrogen (secondary N) is 3. The Morgan fingerprint density at radius 3 is 2.43 bits per heavy atom. The van der Waals surface area contributed by atoms with Gasteiger partial charge in [0.05, 0.1) is 26.2 Å². The highest BCUT2D eigenvalue weighted by Crippen LogP contribution is 2.07. The van der Waals surface area contributed by atoms with Gasteiger partial charge in [-0.2, -0.15) is 0 Å². The predicted octanol–water partition coefficient (Wildman–Crippen LogP) is 1.08. The average Bonchev–Trinajstić information content (AvgIpc) is 2.71. The largest absolute Gasteiger partial charge is 0.362 e. The molecular formula is C21H26FN4OS+. The SMILES string of the molecule is O=C(C[NH+]1CCN(C(=S)NCCc2ccccc2)CC1)Nc1ccc(F)cc1. The van der Waals surface area contributed by atoms with Crippen LogP contribution in [0.2, 0.25) is 0 Å². The fourth-order valence-corrected chi connectivity index (χ4v) is 3.52. The van der Waals surface area contributed by atoms with Gasteiger partial charge in [0, 0.05) is 12.2 Å². The van der Waals surface area contributed by atoms with Crippen LogP contribution in [0.25, 0.3) is 0 Å². The number of carbonyl (C=O) groups excluding carboxylic acids is 1. The molecule has 1 amide bonds. The number of hydrogen-bond donors (Lipinski definition) is 3. The Bertz CT molecular complexity index is 777. The first-order valence-corrected chi connectivity index (χ1v) is 9.96. The lowest BCUT2D eigenvalue weighted by Crippen LogP contribution is -3.15. The van der Waals surface area contributed by atoms with Gasteiger partial charge < -0.3 is 20.4 Å². The van der Waals surface area contributed by atoms with Crippen molar-refractivity contribution in [3.05, 3.63) is 66.0 Å². The average molecular weight is 402 g/mol. The number of anilines is 1. The molecule has 0 bridgehead atoms. The molecule has 1 heterocycles. The van der Waals surface area contributed by atoms with Gasteiger partial charge in [0.2, 0.25) is 0 Å². The minimum absolute atomic E-state index is 0.0568. The van der Waals surface area contributed by atoms with Crippen molar-refractivity contribution in [1.82, 2.24) is 10.2 Å². The van der Waals surface area contributed by atoms with Gasteiger partial charge in [-0.25, -0.2) is 4.39 Å². The molecule has 0 spiro atoms. The first kappa shape index (κ1) is 20.2. The molecule has 7 heteroatoms. The summed E-state index contributed by atoms with van der Waals surface area (Å²) >= 11 is 5.51. The van der Waals surface area contributed by atoms with E-state index in [0.29, 0.717) is 12.2 Å². The van der Waals surface area contributed by atoms with E-state index in [4.69, 9.17) is 12.2 Å². The number of amides is 1. The number of rotatable bonds is 6. The maximum Gasteiger partial charge on any atom is 0.279 e. The Morgan fingerprint density at radius 1 is 1.07 bits per heavy atom. The van der Waals surface area contributed by atoms with Crippen LogP contribution in [0.5, 0.6) is 0 Å². The number of carbonyl (C=O) groups is 1. The zero-order valence-corrected chi connectivity index (χ0v) is 16.6. The van der Waals surface area contributed by atoms with E-state index in [0.717, 1.165) is 44.3 Å². The summed E-state index contributed by atoms with van der Waals surface area (Å²) in [7, 11) is 0. The fourth-order valence-electron chi connectivity index (χ4n) is 3.24. The Labute approximate surface area is 170 Å². The number of quaternary nitrogens is 1. The number of piperazine rings is 1. The smallest absolute Gasteiger partial charge is 0.279 e. The van der Waals surface area contributed by atoms with Crippen molar-refractivity contribution in [2.45, 2.75) is 6.42 Å². The zero-order valence-electron chi connectivity index (χ0n) is 15.8. The highest BCUT2D eigenvalue weighted by molar-refractivity contribution is 7.80. The molecule has 5 nitrogen and oxygen atoms in total. The highest BCUT2D eigenvalue weighted by Gasteiger charge is 2.23. The van der Waals surface area contributed by atoms with E-state index in [1.807, 2.05) is 18.2 Å². The molecule has 0 aromatic heterocycles. The van der Waals surface area contributed by atoms with E-state index < -0.39 is 0 Å². The van der Waals surface area contributed by atoms with Gasteiger partial charge in [0.25, 0.3) is 5.91 Å². The molecule has 1 saturated heterocycles. The molecule has 0 unspecified atom stereocenters. The first-order chi connectivity index (χ1) is 13.6. The molecule has 0 saturated carbocycles. The molecule has 28 heavy (non-hydrogen) atoms. The van der Waals surface area contributed by atoms with Crippen LogP contribution < -0.4 is 15.5 Å². The highest BCUT2D eigenvalue weighted by atomic mass is 32.1. The quantitative estimate of drug-likeness (QED) is 0.634. The van der Waals surface area contributed by atoms with E-state index in [2.05, 4.69) is 27.7 Å². The standard InChI is InChI=1S/C21H25FN4OS/c22-18-6-8-19(9-7-18)24-20(27)16-25-12-14-26(15-13-25)21(28)23-11-10-17-4-2-1-3-5-17/h1-9H,10-16H2,(H,23,28)(H,24,27)/p+1. The lowest BCUT2D eigenvalue weighted by Gasteiger charge is -2.33. The van der Waals surface area contributed by atoms with Crippen LogP contribution in [-0.2, 0) is 11.2 Å². The van der Waals surface area contributed by atoms with E-state index in [9.17, 15) is 9.18 Å². The summed E-state index contributed by atoms with van der Waals surface area (Å²) < 4.78 is 12.9. The Balaban J connectivity index is 1.34. The number of halogens is 1. The molecule has 3 rings (SSSR count). The molecule has 1 fully saturated rings. The van der Waals surface area contributed by atoms with Crippen molar-refractivity contribution in [3.8, 4) is 0 Å². The van der Waals surface area contributed by atoms with Crippen LogP contribution in [0.3, 0.4) is 0 Å². The van der Waals surface area contributed by atoms with Gasteiger partial charge in [-0.15, -0.1) is 0 Å². The predicted molar refractivity (Wildman–Crippen MR) is 113 cm³/mol. The Hall–Kier alpha value is -2.51. The number of thiocarbonyl (C=S) groups is 1. The van der Waals surface area contributed by atoms with Crippen molar-refractivity contribution < 1.29 is 14.1 Å². The number of nitrogens with zero attached hydrogens (tertiary/aromatic N) is 1. The van der Waals surface area contributed by atoms with E-state index in [1.54, 1.807) is 12.1 Å². The van der Waals surface area contributed by atoms with Crippen LogP contribution in [-0.4, -0.2) is 55.2 Å².